The summed E-state index contributed by atoms with van der Waals surface area (Å²) >= 11 is 5.83. The van der Waals surface area contributed by atoms with Crippen molar-refractivity contribution < 1.29 is 9.90 Å². The molecule has 0 aliphatic heterocycles. The molecular formula is C16H16ClN5O2. The van der Waals surface area contributed by atoms with E-state index in [2.05, 4.69) is 15.2 Å². The summed E-state index contributed by atoms with van der Waals surface area (Å²) in [7, 11) is 0. The van der Waals surface area contributed by atoms with Gasteiger partial charge in [-0.2, -0.15) is 9.78 Å². The predicted octanol–water partition coefficient (Wildman–Crippen LogP) is 2.17. The Morgan fingerprint density at radius 3 is 2.58 bits per heavy atom. The number of rotatable bonds is 4. The summed E-state index contributed by atoms with van der Waals surface area (Å²) in [5.41, 5.74) is 2.18. The first-order valence-corrected chi connectivity index (χ1v) is 7.73. The molecule has 0 radical (unpaired) electrons. The van der Waals surface area contributed by atoms with Gasteiger partial charge in [-0.25, -0.2) is 9.67 Å². The fourth-order valence-electron chi connectivity index (χ4n) is 2.38. The Morgan fingerprint density at radius 2 is 1.96 bits per heavy atom. The first-order valence-electron chi connectivity index (χ1n) is 7.35. The van der Waals surface area contributed by atoms with Crippen molar-refractivity contribution in [2.24, 2.45) is 0 Å². The molecule has 1 unspecified atom stereocenters. The monoisotopic (exact) mass is 345 g/mol. The lowest BCUT2D eigenvalue weighted by Gasteiger charge is -2.10. The molecule has 3 aromatic rings. The van der Waals surface area contributed by atoms with Gasteiger partial charge in [0.15, 0.2) is 0 Å². The molecule has 3 rings (SSSR count). The van der Waals surface area contributed by atoms with Gasteiger partial charge in [-0.15, -0.1) is 5.10 Å². The van der Waals surface area contributed by atoms with Crippen LogP contribution in [0.5, 0.6) is 0 Å². The molecule has 0 fully saturated rings. The van der Waals surface area contributed by atoms with E-state index in [1.54, 1.807) is 37.3 Å². The van der Waals surface area contributed by atoms with Gasteiger partial charge in [0.1, 0.15) is 6.33 Å². The van der Waals surface area contributed by atoms with Gasteiger partial charge in [0.05, 0.1) is 18.3 Å². The van der Waals surface area contributed by atoms with E-state index in [0.717, 1.165) is 11.4 Å². The lowest BCUT2D eigenvalue weighted by atomic mass is 10.1. The smallest absolute Gasteiger partial charge is 0.318 e. The minimum atomic E-state index is -0.777. The fourth-order valence-corrected chi connectivity index (χ4v) is 2.50. The zero-order valence-corrected chi connectivity index (χ0v) is 14.0. The van der Waals surface area contributed by atoms with Crippen LogP contribution in [0.2, 0.25) is 5.02 Å². The quantitative estimate of drug-likeness (QED) is 0.783. The Morgan fingerprint density at radius 1 is 1.25 bits per heavy atom. The Balaban J connectivity index is 1.74. The van der Waals surface area contributed by atoms with Crippen LogP contribution in [0.1, 0.15) is 33.7 Å². The van der Waals surface area contributed by atoms with E-state index < -0.39 is 12.0 Å². The maximum Gasteiger partial charge on any atom is 0.318 e. The zero-order chi connectivity index (χ0) is 17.3. The molecule has 0 saturated heterocycles. The van der Waals surface area contributed by atoms with E-state index in [9.17, 15) is 9.90 Å². The molecule has 8 heteroatoms. The van der Waals surface area contributed by atoms with Crippen molar-refractivity contribution in [2.45, 2.75) is 26.5 Å². The molecule has 0 saturated carbocycles. The molecule has 0 aliphatic rings. The molecule has 0 bridgehead atoms. The SMILES string of the molecule is Cc1cc(C)n(C(=O)c2ncn(CC(O)c3ccc(Cl)cc3)n2)n1. The average Bonchev–Trinajstić information content (AvgIpc) is 3.13. The summed E-state index contributed by atoms with van der Waals surface area (Å²) in [5.74, 6) is -0.371. The largest absolute Gasteiger partial charge is 0.386 e. The Labute approximate surface area is 143 Å². The van der Waals surface area contributed by atoms with Crippen LogP contribution in [-0.4, -0.2) is 35.6 Å². The number of nitrogens with zero attached hydrogens (tertiary/aromatic N) is 5. The van der Waals surface area contributed by atoms with Crippen LogP contribution in [0.3, 0.4) is 0 Å². The normalized spacial score (nSPS) is 12.3. The lowest BCUT2D eigenvalue weighted by molar-refractivity contribution is 0.0930. The minimum absolute atomic E-state index is 0.0320. The Hall–Kier alpha value is -2.51. The first-order chi connectivity index (χ1) is 11.4. The summed E-state index contributed by atoms with van der Waals surface area (Å²) in [6.45, 7) is 3.78. The fraction of sp³-hybridized carbons (Fsp3) is 0.250. The summed E-state index contributed by atoms with van der Waals surface area (Å²) in [6, 6.07) is 8.70. The lowest BCUT2D eigenvalue weighted by Crippen LogP contribution is -2.18. The van der Waals surface area contributed by atoms with Crippen LogP contribution in [0.25, 0.3) is 0 Å². The van der Waals surface area contributed by atoms with Crippen LogP contribution in [0.15, 0.2) is 36.7 Å². The molecule has 1 aromatic carbocycles. The van der Waals surface area contributed by atoms with Crippen molar-refractivity contribution >= 4 is 17.5 Å². The number of aliphatic hydroxyl groups excluding tert-OH is 1. The second-order valence-corrected chi connectivity index (χ2v) is 5.94. The third kappa shape index (κ3) is 3.37. The standard InChI is InChI=1S/C16H16ClN5O2/c1-10-7-11(2)22(19-10)16(24)15-18-9-21(20-15)8-14(23)12-3-5-13(17)6-4-12/h3-7,9,14,23H,8H2,1-2H3. The van der Waals surface area contributed by atoms with Crippen molar-refractivity contribution in [3.63, 3.8) is 0 Å². The van der Waals surface area contributed by atoms with Gasteiger partial charge < -0.3 is 5.11 Å². The predicted molar refractivity (Wildman–Crippen MR) is 87.9 cm³/mol. The van der Waals surface area contributed by atoms with E-state index in [-0.39, 0.29) is 12.4 Å². The third-order valence-corrected chi connectivity index (χ3v) is 3.80. The number of aliphatic hydroxyl groups is 1. The molecule has 1 N–H and O–H groups in total. The number of aromatic nitrogens is 5. The highest BCUT2D eigenvalue weighted by atomic mass is 35.5. The summed E-state index contributed by atoms with van der Waals surface area (Å²) in [4.78, 5) is 16.4. The van der Waals surface area contributed by atoms with Gasteiger partial charge >= 0.3 is 5.91 Å². The van der Waals surface area contributed by atoms with E-state index in [1.165, 1.54) is 15.7 Å². The van der Waals surface area contributed by atoms with E-state index in [1.807, 2.05) is 6.92 Å². The zero-order valence-electron chi connectivity index (χ0n) is 13.2. The number of benzene rings is 1. The highest BCUT2D eigenvalue weighted by Gasteiger charge is 2.18. The molecular weight excluding hydrogens is 330 g/mol. The third-order valence-electron chi connectivity index (χ3n) is 3.54. The molecule has 2 heterocycles. The Bertz CT molecular complexity index is 869. The van der Waals surface area contributed by atoms with Gasteiger partial charge in [-0.05, 0) is 37.6 Å². The van der Waals surface area contributed by atoms with E-state index in [0.29, 0.717) is 10.6 Å². The average molecular weight is 346 g/mol. The maximum absolute atomic E-state index is 12.4. The molecule has 24 heavy (non-hydrogen) atoms. The molecule has 0 aliphatic carbocycles. The number of halogens is 1. The maximum atomic E-state index is 12.4. The second kappa shape index (κ2) is 6.54. The van der Waals surface area contributed by atoms with Crippen LogP contribution in [-0.2, 0) is 6.54 Å². The molecule has 7 nitrogen and oxygen atoms in total. The van der Waals surface area contributed by atoms with E-state index >= 15 is 0 Å². The summed E-state index contributed by atoms with van der Waals surface area (Å²) in [5, 5.41) is 19.1. The number of hydrogen-bond donors (Lipinski definition) is 1. The number of carbonyl (C=O) groups is 1. The van der Waals surface area contributed by atoms with Gasteiger partial charge in [-0.3, -0.25) is 4.79 Å². The van der Waals surface area contributed by atoms with Crippen molar-refractivity contribution in [3.05, 3.63) is 64.5 Å². The number of aryl methyl sites for hydroxylation is 2. The van der Waals surface area contributed by atoms with Crippen LogP contribution >= 0.6 is 11.6 Å². The van der Waals surface area contributed by atoms with Crippen molar-refractivity contribution in [1.29, 1.82) is 0 Å². The summed E-state index contributed by atoms with van der Waals surface area (Å²) < 4.78 is 2.70. The van der Waals surface area contributed by atoms with Gasteiger partial charge in [-0.1, -0.05) is 23.7 Å². The topological polar surface area (TPSA) is 85.8 Å². The van der Waals surface area contributed by atoms with Gasteiger partial charge in [0.25, 0.3) is 0 Å². The van der Waals surface area contributed by atoms with Crippen LogP contribution in [0, 0.1) is 13.8 Å². The molecule has 0 amide bonds. The second-order valence-electron chi connectivity index (χ2n) is 5.50. The highest BCUT2D eigenvalue weighted by Crippen LogP contribution is 2.17. The highest BCUT2D eigenvalue weighted by molar-refractivity contribution is 6.30. The van der Waals surface area contributed by atoms with Crippen molar-refractivity contribution in [1.82, 2.24) is 24.5 Å². The minimum Gasteiger partial charge on any atom is -0.386 e. The Kier molecular flexibility index (Phi) is 4.46. The summed E-state index contributed by atoms with van der Waals surface area (Å²) in [6.07, 6.45) is 0.638. The first kappa shape index (κ1) is 16.4. The molecule has 124 valence electrons. The van der Waals surface area contributed by atoms with Crippen molar-refractivity contribution in [2.75, 3.05) is 0 Å². The van der Waals surface area contributed by atoms with Crippen molar-refractivity contribution in [3.8, 4) is 0 Å². The van der Waals surface area contributed by atoms with E-state index in [4.69, 9.17) is 11.6 Å². The van der Waals surface area contributed by atoms with Gasteiger partial charge in [0, 0.05) is 10.7 Å². The molecule has 2 aromatic heterocycles. The van der Waals surface area contributed by atoms with Crippen LogP contribution < -0.4 is 0 Å². The molecule has 1 atom stereocenters. The van der Waals surface area contributed by atoms with Gasteiger partial charge in [0.2, 0.25) is 5.82 Å². The van der Waals surface area contributed by atoms with Crippen LogP contribution in [0.4, 0.5) is 0 Å². The number of carbonyl (C=O) groups excluding carboxylic acids is 1. The number of hydrogen-bond acceptors (Lipinski definition) is 5. The molecule has 0 spiro atoms.